The van der Waals surface area contributed by atoms with E-state index in [0.29, 0.717) is 0 Å². The Hall–Kier alpha value is -0.417. The van der Waals surface area contributed by atoms with Gasteiger partial charge in [-0.3, -0.25) is 0 Å². The van der Waals surface area contributed by atoms with Crippen molar-refractivity contribution in [1.29, 1.82) is 0 Å². The standard InChI is InChI=1S/2C12H17.Zr/c2*1-10-7-8-12(9-10)11-5-3-2-4-6-11;/h2*7-9,11H,2-6H2,1H3;/q2*-1;+2. The molecule has 0 spiro atoms. The minimum atomic E-state index is 0. The van der Waals surface area contributed by atoms with Crippen LogP contribution < -0.4 is 0 Å². The fourth-order valence-corrected chi connectivity index (χ4v) is 4.55. The van der Waals surface area contributed by atoms with Crippen LogP contribution in [0.4, 0.5) is 0 Å². The van der Waals surface area contributed by atoms with Crippen LogP contribution in [0.15, 0.2) is 36.4 Å². The zero-order chi connectivity index (χ0) is 16.8. The first-order chi connectivity index (χ1) is 11.7. The Labute approximate surface area is 174 Å². The number of aryl methyl sites for hydroxylation is 2. The van der Waals surface area contributed by atoms with Gasteiger partial charge in [-0.2, -0.15) is 35.4 Å². The maximum absolute atomic E-state index is 2.36. The van der Waals surface area contributed by atoms with Gasteiger partial charge in [-0.05, 0) is 0 Å². The Morgan fingerprint density at radius 3 is 1.28 bits per heavy atom. The van der Waals surface area contributed by atoms with Gasteiger partial charge in [0.1, 0.15) is 0 Å². The Kier molecular flexibility index (Phi) is 8.91. The van der Waals surface area contributed by atoms with Gasteiger partial charge in [0.2, 0.25) is 0 Å². The van der Waals surface area contributed by atoms with Gasteiger partial charge in [0.25, 0.3) is 0 Å². The second-order valence-corrected chi connectivity index (χ2v) is 8.11. The zero-order valence-corrected chi connectivity index (χ0v) is 18.6. The molecule has 1 heteroatoms. The molecule has 2 aromatic rings. The quantitative estimate of drug-likeness (QED) is 0.446. The van der Waals surface area contributed by atoms with Gasteiger partial charge in [-0.25, -0.2) is 23.3 Å². The molecule has 0 aromatic heterocycles. The third-order valence-electron chi connectivity index (χ3n) is 6.02. The summed E-state index contributed by atoms with van der Waals surface area (Å²) in [5.41, 5.74) is 6.03. The molecule has 0 radical (unpaired) electrons. The van der Waals surface area contributed by atoms with E-state index >= 15 is 0 Å². The van der Waals surface area contributed by atoms with E-state index in [1.165, 1.54) is 75.3 Å². The molecule has 2 fully saturated rings. The summed E-state index contributed by atoms with van der Waals surface area (Å²) in [5, 5.41) is 0. The van der Waals surface area contributed by atoms with E-state index in [0.717, 1.165) is 11.8 Å². The summed E-state index contributed by atoms with van der Waals surface area (Å²) in [6.45, 7) is 4.37. The molecule has 0 N–H and O–H groups in total. The summed E-state index contributed by atoms with van der Waals surface area (Å²) in [6, 6.07) is 13.8. The summed E-state index contributed by atoms with van der Waals surface area (Å²) in [4.78, 5) is 0. The largest absolute Gasteiger partial charge is 2.00 e. The second-order valence-electron chi connectivity index (χ2n) is 8.11. The average Bonchev–Trinajstić information content (AvgIpc) is 3.26. The first-order valence-corrected chi connectivity index (χ1v) is 10.2. The topological polar surface area (TPSA) is 0 Å². The molecule has 25 heavy (non-hydrogen) atoms. The Bertz CT molecular complexity index is 537. The van der Waals surface area contributed by atoms with Gasteiger partial charge in [0.05, 0.1) is 0 Å². The van der Waals surface area contributed by atoms with Gasteiger partial charge in [0, 0.05) is 0 Å². The number of rotatable bonds is 2. The maximum atomic E-state index is 2.36. The van der Waals surface area contributed by atoms with Crippen LogP contribution in [-0.2, 0) is 26.2 Å². The number of hydrogen-bond acceptors (Lipinski definition) is 0. The Balaban J connectivity index is 0.000000173. The molecule has 0 unspecified atom stereocenters. The monoisotopic (exact) mass is 412 g/mol. The third-order valence-corrected chi connectivity index (χ3v) is 6.02. The van der Waals surface area contributed by atoms with E-state index in [-0.39, 0.29) is 26.2 Å². The van der Waals surface area contributed by atoms with Crippen molar-refractivity contribution in [3.05, 3.63) is 58.7 Å². The van der Waals surface area contributed by atoms with Crippen LogP contribution in [0.25, 0.3) is 0 Å². The van der Waals surface area contributed by atoms with Crippen LogP contribution in [0.3, 0.4) is 0 Å². The molecular formula is C24H34Zr. The van der Waals surface area contributed by atoms with Gasteiger partial charge >= 0.3 is 26.2 Å². The van der Waals surface area contributed by atoms with Crippen LogP contribution in [0.1, 0.15) is 98.3 Å². The normalized spacial score (nSPS) is 19.0. The molecule has 0 aliphatic heterocycles. The third kappa shape index (κ3) is 6.35. The number of hydrogen-bond donors (Lipinski definition) is 0. The molecule has 0 nitrogen and oxygen atoms in total. The molecule has 2 aliphatic carbocycles. The first kappa shape index (κ1) is 20.9. The van der Waals surface area contributed by atoms with Gasteiger partial charge in [-0.1, -0.05) is 89.9 Å². The smallest absolute Gasteiger partial charge is 0.211 e. The van der Waals surface area contributed by atoms with Crippen molar-refractivity contribution in [3.8, 4) is 0 Å². The minimum absolute atomic E-state index is 0. The van der Waals surface area contributed by atoms with E-state index in [4.69, 9.17) is 0 Å². The van der Waals surface area contributed by atoms with E-state index in [1.54, 1.807) is 11.1 Å². The van der Waals surface area contributed by atoms with E-state index in [9.17, 15) is 0 Å². The van der Waals surface area contributed by atoms with Crippen molar-refractivity contribution >= 4 is 0 Å². The summed E-state index contributed by atoms with van der Waals surface area (Å²) >= 11 is 0. The van der Waals surface area contributed by atoms with Crippen LogP contribution in [-0.4, -0.2) is 0 Å². The molecule has 0 bridgehead atoms. The molecule has 2 saturated carbocycles. The van der Waals surface area contributed by atoms with E-state index in [1.807, 2.05) is 0 Å². The summed E-state index contributed by atoms with van der Waals surface area (Å²) < 4.78 is 0. The molecule has 0 amide bonds. The van der Waals surface area contributed by atoms with Crippen LogP contribution >= 0.6 is 0 Å². The summed E-state index contributed by atoms with van der Waals surface area (Å²) in [6.07, 6.45) is 14.3. The van der Waals surface area contributed by atoms with Crippen molar-refractivity contribution < 1.29 is 26.2 Å². The van der Waals surface area contributed by atoms with Crippen LogP contribution in [0.5, 0.6) is 0 Å². The van der Waals surface area contributed by atoms with Crippen molar-refractivity contribution in [2.75, 3.05) is 0 Å². The molecule has 2 aromatic carbocycles. The van der Waals surface area contributed by atoms with Crippen molar-refractivity contribution in [2.24, 2.45) is 0 Å². The fourth-order valence-electron chi connectivity index (χ4n) is 4.55. The van der Waals surface area contributed by atoms with Crippen molar-refractivity contribution in [1.82, 2.24) is 0 Å². The summed E-state index contributed by atoms with van der Waals surface area (Å²) in [5.74, 6) is 1.76. The van der Waals surface area contributed by atoms with Gasteiger partial charge < -0.3 is 0 Å². The Morgan fingerprint density at radius 1 is 0.640 bits per heavy atom. The average molecular weight is 414 g/mol. The Morgan fingerprint density at radius 2 is 1.00 bits per heavy atom. The van der Waals surface area contributed by atoms with E-state index in [2.05, 4.69) is 50.2 Å². The predicted molar refractivity (Wildman–Crippen MR) is 105 cm³/mol. The van der Waals surface area contributed by atoms with E-state index < -0.39 is 0 Å². The molecule has 4 rings (SSSR count). The molecule has 0 saturated heterocycles. The van der Waals surface area contributed by atoms with Crippen LogP contribution in [0.2, 0.25) is 0 Å². The maximum Gasteiger partial charge on any atom is 2.00 e. The van der Waals surface area contributed by atoms with Gasteiger partial charge in [0.15, 0.2) is 0 Å². The predicted octanol–water partition coefficient (Wildman–Crippen LogP) is 7.52. The molecule has 0 heterocycles. The molecule has 0 atom stereocenters. The SMILES string of the molecule is Cc1cc[c-](C2CCCCC2)c1.Cc1cc[c-](C2CCCCC2)c1.[Zr+2]. The molecule has 134 valence electrons. The van der Waals surface area contributed by atoms with Crippen molar-refractivity contribution in [2.45, 2.75) is 89.9 Å². The molecular weight excluding hydrogens is 379 g/mol. The summed E-state index contributed by atoms with van der Waals surface area (Å²) in [7, 11) is 0. The van der Waals surface area contributed by atoms with Gasteiger partial charge in [-0.15, -0.1) is 0 Å². The second kappa shape index (κ2) is 10.7. The first-order valence-electron chi connectivity index (χ1n) is 10.2. The van der Waals surface area contributed by atoms with Crippen molar-refractivity contribution in [3.63, 3.8) is 0 Å². The fraction of sp³-hybridized carbons (Fsp3) is 0.583. The molecule has 2 aliphatic rings. The van der Waals surface area contributed by atoms with Crippen LogP contribution in [0, 0.1) is 13.8 Å². The minimum Gasteiger partial charge on any atom is -0.211 e. The zero-order valence-electron chi connectivity index (χ0n) is 16.2.